The van der Waals surface area contributed by atoms with E-state index in [1.165, 1.54) is 55.6 Å². The van der Waals surface area contributed by atoms with E-state index < -0.39 is 10.8 Å². The molecule has 10 aromatic carbocycles. The Morgan fingerprint density at radius 2 is 0.848 bits per heavy atom. The highest BCUT2D eigenvalue weighted by molar-refractivity contribution is 6.17. The maximum absolute atomic E-state index is 7.20. The van der Waals surface area contributed by atoms with Crippen molar-refractivity contribution < 1.29 is 8.83 Å². The van der Waals surface area contributed by atoms with E-state index in [9.17, 15) is 0 Å². The second kappa shape index (κ2) is 13.8. The van der Waals surface area contributed by atoms with Crippen molar-refractivity contribution in [2.45, 2.75) is 17.8 Å². The molecule has 0 aliphatic heterocycles. The summed E-state index contributed by atoms with van der Waals surface area (Å²) >= 11 is 0. The highest BCUT2D eigenvalue weighted by atomic mass is 16.3. The Bertz CT molecular complexity index is 3830. The molecule has 0 amide bonds. The summed E-state index contributed by atoms with van der Waals surface area (Å²) in [6.07, 6.45) is 0. The molecule has 0 atom stereocenters. The molecule has 0 radical (unpaired) electrons. The number of fused-ring (bicyclic) bond motifs is 12. The number of nitrogens with zero attached hydrogens (tertiary/aromatic N) is 1. The number of para-hydroxylation sites is 3. The van der Waals surface area contributed by atoms with Crippen LogP contribution in [0.1, 0.15) is 45.9 Å². The first-order valence-corrected chi connectivity index (χ1v) is 22.8. The lowest BCUT2D eigenvalue weighted by molar-refractivity contribution is 0.638. The number of hydrogen-bond acceptors (Lipinski definition) is 3. The molecular weight excluding hydrogens is 803 g/mol. The first-order chi connectivity index (χ1) is 32.6. The molecule has 12 aromatic rings. The van der Waals surface area contributed by atoms with Gasteiger partial charge in [-0.1, -0.05) is 194 Å². The third-order valence-electron chi connectivity index (χ3n) is 14.8. The van der Waals surface area contributed by atoms with Crippen LogP contribution in [-0.2, 0) is 10.8 Å². The van der Waals surface area contributed by atoms with Gasteiger partial charge in [-0.3, -0.25) is 0 Å². The van der Waals surface area contributed by atoms with E-state index >= 15 is 0 Å². The Balaban J connectivity index is 1.07. The zero-order chi connectivity index (χ0) is 43.6. The quantitative estimate of drug-likeness (QED) is 0.167. The molecule has 0 N–H and O–H groups in total. The van der Waals surface area contributed by atoms with Crippen molar-refractivity contribution in [2.24, 2.45) is 0 Å². The van der Waals surface area contributed by atoms with Gasteiger partial charge < -0.3 is 13.7 Å². The summed E-state index contributed by atoms with van der Waals surface area (Å²) in [6, 6.07) is 83.9. The number of benzene rings is 10. The third kappa shape index (κ3) is 4.86. The first-order valence-electron chi connectivity index (χ1n) is 22.8. The van der Waals surface area contributed by atoms with Gasteiger partial charge in [0.15, 0.2) is 5.58 Å². The van der Waals surface area contributed by atoms with Crippen LogP contribution in [0.5, 0.6) is 0 Å². The lowest BCUT2D eigenvalue weighted by Crippen LogP contribution is -2.28. The molecule has 0 saturated heterocycles. The van der Waals surface area contributed by atoms with E-state index in [1.54, 1.807) is 0 Å². The Morgan fingerprint density at radius 3 is 1.58 bits per heavy atom. The number of rotatable bonds is 6. The van der Waals surface area contributed by atoms with Crippen molar-refractivity contribution in [1.82, 2.24) is 0 Å². The van der Waals surface area contributed by atoms with Gasteiger partial charge in [-0.15, -0.1) is 0 Å². The Kier molecular flexibility index (Phi) is 7.74. The van der Waals surface area contributed by atoms with Gasteiger partial charge >= 0.3 is 0 Å². The van der Waals surface area contributed by atoms with Crippen LogP contribution >= 0.6 is 0 Å². The minimum atomic E-state index is -0.575. The molecule has 0 bridgehead atoms. The van der Waals surface area contributed by atoms with Crippen molar-refractivity contribution in [3.8, 4) is 22.3 Å². The van der Waals surface area contributed by atoms with Crippen molar-refractivity contribution in [1.29, 1.82) is 0 Å². The van der Waals surface area contributed by atoms with E-state index in [0.717, 1.165) is 66.5 Å². The van der Waals surface area contributed by atoms with E-state index in [4.69, 9.17) is 8.83 Å². The van der Waals surface area contributed by atoms with E-state index in [2.05, 4.69) is 236 Å². The monoisotopic (exact) mass is 843 g/mol. The minimum Gasteiger partial charge on any atom is -0.456 e. The molecule has 310 valence electrons. The van der Waals surface area contributed by atoms with Crippen LogP contribution < -0.4 is 4.90 Å². The summed E-state index contributed by atoms with van der Waals surface area (Å²) < 4.78 is 14.1. The van der Waals surface area contributed by atoms with E-state index in [-0.39, 0.29) is 0 Å². The van der Waals surface area contributed by atoms with Crippen LogP contribution in [-0.4, -0.2) is 0 Å². The largest absolute Gasteiger partial charge is 0.456 e. The number of furan rings is 2. The number of anilines is 3. The van der Waals surface area contributed by atoms with Crippen LogP contribution in [0, 0.1) is 0 Å². The molecule has 3 nitrogen and oxygen atoms in total. The van der Waals surface area contributed by atoms with Crippen LogP contribution in [0.15, 0.2) is 239 Å². The zero-order valence-electron chi connectivity index (χ0n) is 36.2. The molecule has 0 saturated carbocycles. The summed E-state index contributed by atoms with van der Waals surface area (Å²) in [6.45, 7) is 2.36. The van der Waals surface area contributed by atoms with Crippen molar-refractivity contribution >= 4 is 60.9 Å². The number of hydrogen-bond donors (Lipinski definition) is 0. The van der Waals surface area contributed by atoms with Crippen LogP contribution in [0.3, 0.4) is 0 Å². The first kappa shape index (κ1) is 37.0. The molecule has 14 rings (SSSR count). The second-order valence-corrected chi connectivity index (χ2v) is 18.0. The van der Waals surface area contributed by atoms with Gasteiger partial charge in [0.05, 0.1) is 22.2 Å². The Labute approximate surface area is 382 Å². The van der Waals surface area contributed by atoms with Crippen LogP contribution in [0.25, 0.3) is 66.1 Å². The molecule has 66 heavy (non-hydrogen) atoms. The predicted molar refractivity (Wildman–Crippen MR) is 270 cm³/mol. The summed E-state index contributed by atoms with van der Waals surface area (Å²) in [4.78, 5) is 2.42. The van der Waals surface area contributed by atoms with Gasteiger partial charge in [-0.25, -0.2) is 0 Å². The summed E-state index contributed by atoms with van der Waals surface area (Å²) in [5.41, 5.74) is 19.1. The fraction of sp³-hybridized carbons (Fsp3) is 0.0476. The summed E-state index contributed by atoms with van der Waals surface area (Å²) in [5.74, 6) is 0. The molecular formula is C63H41NO2. The topological polar surface area (TPSA) is 29.5 Å². The lowest BCUT2D eigenvalue weighted by atomic mass is 9.67. The average Bonchev–Trinajstić information content (AvgIpc) is 4.12. The maximum Gasteiger partial charge on any atom is 0.159 e. The van der Waals surface area contributed by atoms with Crippen LogP contribution in [0.4, 0.5) is 17.1 Å². The van der Waals surface area contributed by atoms with Gasteiger partial charge in [0.1, 0.15) is 16.7 Å². The third-order valence-corrected chi connectivity index (χ3v) is 14.8. The molecule has 2 aromatic heterocycles. The highest BCUT2D eigenvalue weighted by Gasteiger charge is 2.47. The average molecular weight is 844 g/mol. The van der Waals surface area contributed by atoms with Gasteiger partial charge in [0.25, 0.3) is 0 Å². The predicted octanol–water partition coefficient (Wildman–Crippen LogP) is 16.7. The minimum absolute atomic E-state index is 0.437. The SMILES string of the molecule is CC1(c2cccc3c2oc2cccc(N(c4ccc5c(c4)C(c4ccccc4)(c4ccccc4)c4ccccc4-5)c4cccc5c4oc4ccccc45)c23)c2ccccc2-c2ccccc21. The molecule has 0 fully saturated rings. The van der Waals surface area contributed by atoms with Crippen molar-refractivity contribution in [3.05, 3.63) is 269 Å². The lowest BCUT2D eigenvalue weighted by Gasteiger charge is -2.35. The van der Waals surface area contributed by atoms with Crippen molar-refractivity contribution in [3.63, 3.8) is 0 Å². The van der Waals surface area contributed by atoms with Crippen molar-refractivity contribution in [2.75, 3.05) is 4.90 Å². The molecule has 3 heteroatoms. The van der Waals surface area contributed by atoms with Gasteiger partial charge in [0.2, 0.25) is 0 Å². The van der Waals surface area contributed by atoms with E-state index in [0.29, 0.717) is 0 Å². The van der Waals surface area contributed by atoms with Crippen LogP contribution in [0.2, 0.25) is 0 Å². The normalized spacial score (nSPS) is 14.1. The van der Waals surface area contributed by atoms with Gasteiger partial charge in [-0.05, 0) is 99.0 Å². The molecule has 0 spiro atoms. The van der Waals surface area contributed by atoms with Gasteiger partial charge in [0, 0.05) is 32.8 Å². The van der Waals surface area contributed by atoms with Gasteiger partial charge in [-0.2, -0.15) is 0 Å². The maximum atomic E-state index is 7.20. The summed E-state index contributed by atoms with van der Waals surface area (Å²) in [5, 5.41) is 4.28. The zero-order valence-corrected chi connectivity index (χ0v) is 36.2. The molecule has 2 aliphatic carbocycles. The fourth-order valence-corrected chi connectivity index (χ4v) is 12.0. The Hall–Kier alpha value is -8.40. The summed E-state index contributed by atoms with van der Waals surface area (Å²) in [7, 11) is 0. The molecule has 0 unspecified atom stereocenters. The van der Waals surface area contributed by atoms with E-state index in [1.807, 2.05) is 6.07 Å². The smallest absolute Gasteiger partial charge is 0.159 e. The fourth-order valence-electron chi connectivity index (χ4n) is 12.0. The Morgan fingerprint density at radius 1 is 0.348 bits per heavy atom. The highest BCUT2D eigenvalue weighted by Crippen LogP contribution is 2.59. The second-order valence-electron chi connectivity index (χ2n) is 18.0. The molecule has 2 aliphatic rings. The standard InChI is InChI=1S/C63H41NO2/c1-62(50-29-12-8-23-43(50)44-24-9-13-30-51(44)62)53-32-16-28-49-59-55(33-18-36-58(59)66-60(49)53)64(56-34-17-27-48-47-26-11-15-35-57(47)65-61(48)56)42-37-38-46-45-25-10-14-31-52(45)63(54(46)39-42,40-19-4-2-5-20-40)41-21-6-3-7-22-41/h2-39H,1H3. The molecule has 2 heterocycles.